The van der Waals surface area contributed by atoms with Crippen molar-refractivity contribution < 1.29 is 4.79 Å². The lowest BCUT2D eigenvalue weighted by Crippen LogP contribution is -2.34. The lowest BCUT2D eigenvalue weighted by molar-refractivity contribution is 0.244. The van der Waals surface area contributed by atoms with Gasteiger partial charge in [-0.2, -0.15) is 0 Å². The first kappa shape index (κ1) is 16.1. The van der Waals surface area contributed by atoms with Gasteiger partial charge in [0.15, 0.2) is 0 Å². The number of carbonyl (C=O) groups is 1. The number of aromatic amines is 1. The molecule has 2 rings (SSSR count). The van der Waals surface area contributed by atoms with Gasteiger partial charge in [0.1, 0.15) is 0 Å². The van der Waals surface area contributed by atoms with E-state index in [0.29, 0.717) is 6.54 Å². The quantitative estimate of drug-likeness (QED) is 0.786. The molecule has 2 aromatic rings. The number of allylic oxidation sites excluding steroid dienone is 1. The first-order chi connectivity index (χ1) is 10.4. The lowest BCUT2D eigenvalue weighted by atomic mass is 9.88. The second-order valence-electron chi connectivity index (χ2n) is 6.59. The molecule has 0 aliphatic rings. The van der Waals surface area contributed by atoms with Gasteiger partial charge in [-0.15, -0.1) is 0 Å². The molecular weight excluding hydrogens is 274 g/mol. The van der Waals surface area contributed by atoms with Crippen molar-refractivity contribution in [3.63, 3.8) is 0 Å². The number of H-pyrrole nitrogens is 1. The van der Waals surface area contributed by atoms with Crippen LogP contribution < -0.4 is 10.6 Å². The van der Waals surface area contributed by atoms with Gasteiger partial charge < -0.3 is 15.6 Å². The van der Waals surface area contributed by atoms with Crippen molar-refractivity contribution in [2.45, 2.75) is 34.1 Å². The Morgan fingerprint density at radius 2 is 2.00 bits per heavy atom. The van der Waals surface area contributed by atoms with Crippen LogP contribution >= 0.6 is 0 Å². The van der Waals surface area contributed by atoms with Crippen molar-refractivity contribution in [3.05, 3.63) is 47.8 Å². The van der Waals surface area contributed by atoms with Crippen LogP contribution in [0.15, 0.2) is 42.2 Å². The fourth-order valence-corrected chi connectivity index (χ4v) is 2.09. The zero-order valence-electron chi connectivity index (χ0n) is 13.8. The number of para-hydroxylation sites is 1. The second-order valence-corrected chi connectivity index (χ2v) is 6.59. The molecule has 0 radical (unpaired) electrons. The highest BCUT2D eigenvalue weighted by Crippen LogP contribution is 2.23. The normalized spacial score (nSPS) is 12.5. The molecule has 4 heteroatoms. The Morgan fingerprint density at radius 3 is 2.73 bits per heavy atom. The zero-order chi connectivity index (χ0) is 16.2. The van der Waals surface area contributed by atoms with Gasteiger partial charge in [-0.05, 0) is 30.4 Å². The largest absolute Gasteiger partial charge is 0.361 e. The summed E-state index contributed by atoms with van der Waals surface area (Å²) in [6, 6.07) is 8.02. The molecule has 0 spiro atoms. The van der Waals surface area contributed by atoms with Gasteiger partial charge in [0, 0.05) is 29.8 Å². The molecule has 4 nitrogen and oxygen atoms in total. The van der Waals surface area contributed by atoms with E-state index < -0.39 is 0 Å². The number of benzene rings is 1. The van der Waals surface area contributed by atoms with Crippen LogP contribution in [0.3, 0.4) is 0 Å². The van der Waals surface area contributed by atoms with E-state index in [2.05, 4.69) is 48.5 Å². The summed E-state index contributed by atoms with van der Waals surface area (Å²) < 4.78 is 0. The number of aromatic nitrogens is 1. The van der Waals surface area contributed by atoms with Gasteiger partial charge in [-0.3, -0.25) is 0 Å². The predicted octanol–water partition coefficient (Wildman–Crippen LogP) is 3.96. The average Bonchev–Trinajstić information content (AvgIpc) is 2.87. The number of nitrogens with one attached hydrogen (secondary N) is 3. The van der Waals surface area contributed by atoms with Crippen LogP contribution in [0.5, 0.6) is 0 Å². The van der Waals surface area contributed by atoms with Crippen LogP contribution in [0.25, 0.3) is 10.9 Å². The molecule has 0 atom stereocenters. The van der Waals surface area contributed by atoms with E-state index in [0.717, 1.165) is 17.5 Å². The third-order valence-corrected chi connectivity index (χ3v) is 3.96. The maximum Gasteiger partial charge on any atom is 0.318 e. The van der Waals surface area contributed by atoms with E-state index >= 15 is 0 Å². The van der Waals surface area contributed by atoms with Crippen LogP contribution in [-0.4, -0.2) is 17.6 Å². The van der Waals surface area contributed by atoms with Crippen LogP contribution in [0.2, 0.25) is 0 Å². The summed E-state index contributed by atoms with van der Waals surface area (Å²) in [5.74, 6) is 0. The van der Waals surface area contributed by atoms with Crippen molar-refractivity contribution >= 4 is 16.9 Å². The molecule has 0 fully saturated rings. The Bertz CT molecular complexity index is 677. The van der Waals surface area contributed by atoms with Crippen molar-refractivity contribution in [2.75, 3.05) is 6.54 Å². The number of rotatable bonds is 4. The summed E-state index contributed by atoms with van der Waals surface area (Å²) in [5.41, 5.74) is 3.56. The SMILES string of the molecule is C/C(=C\NC(=O)NCCc1c[nH]c2ccccc12)C(C)(C)C. The van der Waals surface area contributed by atoms with E-state index in [1.54, 1.807) is 6.20 Å². The Morgan fingerprint density at radius 1 is 1.27 bits per heavy atom. The van der Waals surface area contributed by atoms with Crippen LogP contribution in [0, 0.1) is 5.41 Å². The minimum absolute atomic E-state index is 0.0668. The van der Waals surface area contributed by atoms with Gasteiger partial charge in [0.05, 0.1) is 0 Å². The summed E-state index contributed by atoms with van der Waals surface area (Å²) >= 11 is 0. The smallest absolute Gasteiger partial charge is 0.318 e. The third kappa shape index (κ3) is 4.13. The van der Waals surface area contributed by atoms with Crippen molar-refractivity contribution in [3.8, 4) is 0 Å². The van der Waals surface area contributed by atoms with E-state index in [1.807, 2.05) is 25.3 Å². The van der Waals surface area contributed by atoms with Crippen LogP contribution in [0.4, 0.5) is 4.79 Å². The summed E-state index contributed by atoms with van der Waals surface area (Å²) in [5, 5.41) is 6.89. The summed E-state index contributed by atoms with van der Waals surface area (Å²) in [6.45, 7) is 8.99. The van der Waals surface area contributed by atoms with Gasteiger partial charge in [0.25, 0.3) is 0 Å². The highest BCUT2D eigenvalue weighted by Gasteiger charge is 2.12. The Hall–Kier alpha value is -2.23. The van der Waals surface area contributed by atoms with Crippen molar-refractivity contribution in [2.24, 2.45) is 5.41 Å². The number of hydrogen-bond donors (Lipinski definition) is 3. The Labute approximate surface area is 132 Å². The van der Waals surface area contributed by atoms with Crippen LogP contribution in [0.1, 0.15) is 33.3 Å². The zero-order valence-corrected chi connectivity index (χ0v) is 13.8. The molecule has 0 saturated carbocycles. The Balaban J connectivity index is 1.83. The maximum absolute atomic E-state index is 11.8. The number of fused-ring (bicyclic) bond motifs is 1. The topological polar surface area (TPSA) is 56.9 Å². The number of carbonyl (C=O) groups excluding carboxylic acids is 1. The lowest BCUT2D eigenvalue weighted by Gasteiger charge is -2.19. The highest BCUT2D eigenvalue weighted by molar-refractivity contribution is 5.83. The standard InChI is InChI=1S/C18H25N3O/c1-13(18(2,3)4)11-21-17(22)19-10-9-14-12-20-16-8-6-5-7-15(14)16/h5-8,11-12,20H,9-10H2,1-4H3,(H2,19,21,22)/b13-11+. The van der Waals surface area contributed by atoms with E-state index in [4.69, 9.17) is 0 Å². The summed E-state index contributed by atoms with van der Waals surface area (Å²) in [4.78, 5) is 15.0. The van der Waals surface area contributed by atoms with Crippen LogP contribution in [-0.2, 0) is 6.42 Å². The molecule has 22 heavy (non-hydrogen) atoms. The minimum Gasteiger partial charge on any atom is -0.361 e. The number of hydrogen-bond acceptors (Lipinski definition) is 1. The number of urea groups is 1. The maximum atomic E-state index is 11.8. The fraction of sp³-hybridized carbons (Fsp3) is 0.389. The van der Waals surface area contributed by atoms with Gasteiger partial charge >= 0.3 is 6.03 Å². The molecule has 2 amide bonds. The Kier molecular flexibility index (Phi) is 4.91. The molecule has 3 N–H and O–H groups in total. The molecule has 0 aliphatic heterocycles. The highest BCUT2D eigenvalue weighted by atomic mass is 16.2. The monoisotopic (exact) mass is 299 g/mol. The van der Waals surface area contributed by atoms with E-state index in [-0.39, 0.29) is 11.4 Å². The molecule has 1 aromatic heterocycles. The second kappa shape index (κ2) is 6.69. The van der Waals surface area contributed by atoms with Gasteiger partial charge in [-0.1, -0.05) is 44.5 Å². The molecule has 0 bridgehead atoms. The molecule has 1 aromatic carbocycles. The fourth-order valence-electron chi connectivity index (χ4n) is 2.09. The average molecular weight is 299 g/mol. The first-order valence-electron chi connectivity index (χ1n) is 7.64. The molecule has 0 aliphatic carbocycles. The van der Waals surface area contributed by atoms with E-state index in [1.165, 1.54) is 10.9 Å². The molecule has 118 valence electrons. The summed E-state index contributed by atoms with van der Waals surface area (Å²) in [7, 11) is 0. The minimum atomic E-state index is -0.163. The molecule has 0 saturated heterocycles. The third-order valence-electron chi connectivity index (χ3n) is 3.96. The number of amides is 2. The molecular formula is C18H25N3O. The molecule has 0 unspecified atom stereocenters. The van der Waals surface area contributed by atoms with Gasteiger partial charge in [0.2, 0.25) is 0 Å². The first-order valence-corrected chi connectivity index (χ1v) is 7.64. The molecule has 1 heterocycles. The van der Waals surface area contributed by atoms with E-state index in [9.17, 15) is 4.79 Å². The van der Waals surface area contributed by atoms with Crippen molar-refractivity contribution in [1.29, 1.82) is 0 Å². The summed E-state index contributed by atoms with van der Waals surface area (Å²) in [6.07, 6.45) is 4.59. The van der Waals surface area contributed by atoms with Crippen molar-refractivity contribution in [1.82, 2.24) is 15.6 Å². The van der Waals surface area contributed by atoms with Gasteiger partial charge in [-0.25, -0.2) is 4.79 Å². The predicted molar refractivity (Wildman–Crippen MR) is 91.7 cm³/mol.